The van der Waals surface area contributed by atoms with Crippen LogP contribution in [0.2, 0.25) is 0 Å². The van der Waals surface area contributed by atoms with Gasteiger partial charge in [-0.15, -0.1) is 0 Å². The number of carboxylic acid groups (broad SMARTS) is 1. The van der Waals surface area contributed by atoms with Crippen LogP contribution in [0.15, 0.2) is 0 Å². The number of nitrogens with zero attached hydrogens (tertiary/aromatic N) is 4. The van der Waals surface area contributed by atoms with Crippen molar-refractivity contribution in [3.05, 3.63) is 11.3 Å². The summed E-state index contributed by atoms with van der Waals surface area (Å²) in [7, 11) is 0. The normalized spacial score (nSPS) is 29.6. The number of rotatable bonds is 4. The number of hydrogen-bond donors (Lipinski definition) is 1. The fraction of sp³-hybridized carbons (Fsp3) is 0.706. The molecule has 0 aromatic carbocycles. The molecule has 1 aromatic heterocycles. The standard InChI is InChI=1S/C17H21F3N4O2/c1-9-12(18)8-24(9)16-21-14-11(2-4-17(14,19)20)15(22-16)23-5-3-10(7-23)6-13(25)26/h9-10,12H,2-8H2,1H3,(H,25,26)/t9-,10-,12-/m0/s1. The molecule has 2 aliphatic heterocycles. The first-order valence-electron chi connectivity index (χ1n) is 8.93. The molecule has 0 radical (unpaired) electrons. The number of anilines is 2. The van der Waals surface area contributed by atoms with Gasteiger partial charge in [-0.1, -0.05) is 0 Å². The number of aliphatic carboxylic acids is 1. The molecule has 0 bridgehead atoms. The Bertz CT molecular complexity index is 745. The molecule has 0 amide bonds. The topological polar surface area (TPSA) is 69.6 Å². The molecule has 3 atom stereocenters. The van der Waals surface area contributed by atoms with Gasteiger partial charge in [-0.05, 0) is 25.7 Å². The Morgan fingerprint density at radius 3 is 2.77 bits per heavy atom. The number of alkyl halides is 3. The molecule has 1 aromatic rings. The summed E-state index contributed by atoms with van der Waals surface area (Å²) >= 11 is 0. The van der Waals surface area contributed by atoms with Crippen LogP contribution in [0.5, 0.6) is 0 Å². The van der Waals surface area contributed by atoms with E-state index in [1.54, 1.807) is 11.8 Å². The van der Waals surface area contributed by atoms with Crippen molar-refractivity contribution in [3.8, 4) is 0 Å². The maximum atomic E-state index is 14.3. The van der Waals surface area contributed by atoms with E-state index < -0.39 is 24.1 Å². The van der Waals surface area contributed by atoms with Gasteiger partial charge < -0.3 is 14.9 Å². The van der Waals surface area contributed by atoms with Crippen molar-refractivity contribution in [1.82, 2.24) is 9.97 Å². The average molecular weight is 370 g/mol. The zero-order chi connectivity index (χ0) is 18.6. The van der Waals surface area contributed by atoms with Gasteiger partial charge in [0.1, 0.15) is 17.7 Å². The Morgan fingerprint density at radius 2 is 2.12 bits per heavy atom. The highest BCUT2D eigenvalue weighted by atomic mass is 19.3. The lowest BCUT2D eigenvalue weighted by Crippen LogP contribution is -2.57. The van der Waals surface area contributed by atoms with Gasteiger partial charge in [0.25, 0.3) is 5.92 Å². The molecule has 2 saturated heterocycles. The quantitative estimate of drug-likeness (QED) is 0.878. The minimum atomic E-state index is -3.01. The SMILES string of the molecule is C[C@H]1[C@@H](F)CN1c1nc(N2CC[C@@H](CC(=O)O)C2)c2c(n1)C(F)(F)CC2. The molecule has 3 aliphatic rings. The molecule has 1 aliphatic carbocycles. The smallest absolute Gasteiger partial charge is 0.303 e. The number of fused-ring (bicyclic) bond motifs is 1. The third-order valence-corrected chi connectivity index (χ3v) is 5.70. The zero-order valence-electron chi connectivity index (χ0n) is 14.5. The molecule has 142 valence electrons. The van der Waals surface area contributed by atoms with E-state index in [-0.39, 0.29) is 43.4 Å². The highest BCUT2D eigenvalue weighted by Crippen LogP contribution is 2.45. The van der Waals surface area contributed by atoms with Crippen LogP contribution < -0.4 is 9.80 Å². The number of hydrogen-bond acceptors (Lipinski definition) is 5. The Hall–Kier alpha value is -2.06. The van der Waals surface area contributed by atoms with Gasteiger partial charge in [-0.2, -0.15) is 13.8 Å². The maximum Gasteiger partial charge on any atom is 0.303 e. The summed E-state index contributed by atoms with van der Waals surface area (Å²) in [6, 6.07) is -0.436. The largest absolute Gasteiger partial charge is 0.481 e. The average Bonchev–Trinajstić information content (AvgIpc) is 3.15. The van der Waals surface area contributed by atoms with Crippen molar-refractivity contribution in [3.63, 3.8) is 0 Å². The molecule has 1 N–H and O–H groups in total. The van der Waals surface area contributed by atoms with Crippen LogP contribution in [0.1, 0.15) is 37.4 Å². The van der Waals surface area contributed by atoms with E-state index in [2.05, 4.69) is 9.97 Å². The third kappa shape index (κ3) is 2.77. The fourth-order valence-electron chi connectivity index (χ4n) is 4.05. The molecule has 0 spiro atoms. The molecule has 0 saturated carbocycles. The number of halogens is 3. The number of aromatic nitrogens is 2. The predicted octanol–water partition coefficient (Wildman–Crippen LogP) is 2.36. The van der Waals surface area contributed by atoms with E-state index in [0.717, 1.165) is 0 Å². The van der Waals surface area contributed by atoms with Crippen LogP contribution in [0.25, 0.3) is 0 Å². The van der Waals surface area contributed by atoms with E-state index in [0.29, 0.717) is 30.9 Å². The van der Waals surface area contributed by atoms with Crippen LogP contribution in [0.3, 0.4) is 0 Å². The van der Waals surface area contributed by atoms with Crippen LogP contribution in [-0.2, 0) is 17.1 Å². The lowest BCUT2D eigenvalue weighted by atomic mass is 10.0. The van der Waals surface area contributed by atoms with Crippen LogP contribution >= 0.6 is 0 Å². The van der Waals surface area contributed by atoms with Crippen molar-refractivity contribution in [2.24, 2.45) is 5.92 Å². The highest BCUT2D eigenvalue weighted by Gasteiger charge is 2.46. The van der Waals surface area contributed by atoms with Gasteiger partial charge in [-0.3, -0.25) is 4.79 Å². The van der Waals surface area contributed by atoms with Gasteiger partial charge >= 0.3 is 5.97 Å². The van der Waals surface area contributed by atoms with Crippen molar-refractivity contribution in [2.75, 3.05) is 29.4 Å². The summed E-state index contributed by atoms with van der Waals surface area (Å²) in [5.41, 5.74) is 0.188. The van der Waals surface area contributed by atoms with Gasteiger partial charge in [0, 0.05) is 31.5 Å². The molecular weight excluding hydrogens is 349 g/mol. The summed E-state index contributed by atoms with van der Waals surface area (Å²) < 4.78 is 42.2. The minimum absolute atomic E-state index is 0.0263. The Kier molecular flexibility index (Phi) is 4.00. The molecule has 9 heteroatoms. The molecule has 3 heterocycles. The molecule has 2 fully saturated rings. The van der Waals surface area contributed by atoms with E-state index in [4.69, 9.17) is 5.11 Å². The minimum Gasteiger partial charge on any atom is -0.481 e. The van der Waals surface area contributed by atoms with Crippen molar-refractivity contribution < 1.29 is 23.1 Å². The molecule has 26 heavy (non-hydrogen) atoms. The van der Waals surface area contributed by atoms with E-state index in [9.17, 15) is 18.0 Å². The second-order valence-electron chi connectivity index (χ2n) is 7.49. The first-order chi connectivity index (χ1) is 12.3. The summed E-state index contributed by atoms with van der Waals surface area (Å²) in [6.07, 6.45) is -0.383. The van der Waals surface area contributed by atoms with Gasteiger partial charge in [0.15, 0.2) is 0 Å². The predicted molar refractivity (Wildman–Crippen MR) is 88.5 cm³/mol. The molecular formula is C17H21F3N4O2. The first-order valence-corrected chi connectivity index (χ1v) is 8.93. The summed E-state index contributed by atoms with van der Waals surface area (Å²) in [5.74, 6) is -3.29. The van der Waals surface area contributed by atoms with E-state index in [1.165, 1.54) is 0 Å². The summed E-state index contributed by atoms with van der Waals surface area (Å²) in [4.78, 5) is 23.0. The van der Waals surface area contributed by atoms with Crippen LogP contribution in [0.4, 0.5) is 24.9 Å². The van der Waals surface area contributed by atoms with E-state index >= 15 is 0 Å². The summed E-state index contributed by atoms with van der Waals surface area (Å²) in [6.45, 7) is 2.84. The van der Waals surface area contributed by atoms with Crippen molar-refractivity contribution >= 4 is 17.7 Å². The lowest BCUT2D eigenvalue weighted by molar-refractivity contribution is -0.137. The Morgan fingerprint density at radius 1 is 1.35 bits per heavy atom. The second kappa shape index (κ2) is 5.99. The lowest BCUT2D eigenvalue weighted by Gasteiger charge is -2.42. The fourth-order valence-corrected chi connectivity index (χ4v) is 4.05. The monoisotopic (exact) mass is 370 g/mol. The second-order valence-corrected chi connectivity index (χ2v) is 7.49. The maximum absolute atomic E-state index is 14.3. The molecule has 0 unspecified atom stereocenters. The third-order valence-electron chi connectivity index (χ3n) is 5.70. The van der Waals surface area contributed by atoms with Gasteiger partial charge in [0.2, 0.25) is 5.95 Å². The Balaban J connectivity index is 1.68. The summed E-state index contributed by atoms with van der Waals surface area (Å²) in [5, 5.41) is 8.98. The van der Waals surface area contributed by atoms with E-state index in [1.807, 2.05) is 4.90 Å². The highest BCUT2D eigenvalue weighted by molar-refractivity contribution is 5.67. The molecule has 6 nitrogen and oxygen atoms in total. The zero-order valence-corrected chi connectivity index (χ0v) is 14.5. The van der Waals surface area contributed by atoms with Gasteiger partial charge in [0.05, 0.1) is 12.6 Å². The Labute approximate surface area is 149 Å². The van der Waals surface area contributed by atoms with Gasteiger partial charge in [-0.25, -0.2) is 9.37 Å². The molecule has 4 rings (SSSR count). The number of carbonyl (C=O) groups is 1. The van der Waals surface area contributed by atoms with Crippen LogP contribution in [-0.4, -0.2) is 52.9 Å². The van der Waals surface area contributed by atoms with Crippen molar-refractivity contribution in [1.29, 1.82) is 0 Å². The first kappa shape index (κ1) is 17.4. The van der Waals surface area contributed by atoms with Crippen LogP contribution in [0, 0.1) is 5.92 Å². The number of carboxylic acids is 1. The van der Waals surface area contributed by atoms with Crippen molar-refractivity contribution in [2.45, 2.75) is 50.7 Å².